The van der Waals surface area contributed by atoms with E-state index in [1.54, 1.807) is 0 Å². The van der Waals surface area contributed by atoms with E-state index in [0.29, 0.717) is 11.8 Å². The van der Waals surface area contributed by atoms with E-state index in [9.17, 15) is 4.57 Å². The molecule has 0 aliphatic heterocycles. The van der Waals surface area contributed by atoms with Crippen LogP contribution in [-0.4, -0.2) is 12.3 Å². The summed E-state index contributed by atoms with van der Waals surface area (Å²) in [4.78, 5) is 0. The molecule has 0 bridgehead atoms. The van der Waals surface area contributed by atoms with Crippen molar-refractivity contribution in [2.75, 3.05) is 17.4 Å². The summed E-state index contributed by atoms with van der Waals surface area (Å²) in [6, 6.07) is 6.56. The van der Waals surface area contributed by atoms with Crippen LogP contribution in [0.4, 0.5) is 5.69 Å². The molecular formula is C26H48NOP. The topological polar surface area (TPSA) is 29.1 Å². The molecule has 0 aromatic heterocycles. The second-order valence-electron chi connectivity index (χ2n) is 8.86. The van der Waals surface area contributed by atoms with E-state index in [-0.39, 0.29) is 0 Å². The molecule has 1 aromatic rings. The molecular weight excluding hydrogens is 373 g/mol. The molecule has 2 atom stereocenters. The third kappa shape index (κ3) is 8.87. The Morgan fingerprint density at radius 3 is 1.59 bits per heavy atom. The maximum Gasteiger partial charge on any atom is 0.170 e. The lowest BCUT2D eigenvalue weighted by Crippen LogP contribution is -2.18. The summed E-state index contributed by atoms with van der Waals surface area (Å²) in [7, 11) is -2.50. The maximum atomic E-state index is 14.5. The molecule has 3 heteroatoms. The zero-order valence-corrected chi connectivity index (χ0v) is 21.1. The first-order chi connectivity index (χ1) is 14.0. The Morgan fingerprint density at radius 2 is 1.24 bits per heavy atom. The molecule has 29 heavy (non-hydrogen) atoms. The van der Waals surface area contributed by atoms with Crippen LogP contribution in [-0.2, 0) is 17.4 Å². The highest BCUT2D eigenvalue weighted by Crippen LogP contribution is 2.52. The highest BCUT2D eigenvalue weighted by atomic mass is 31.2. The Kier molecular flexibility index (Phi) is 13.0. The Morgan fingerprint density at radius 1 is 0.793 bits per heavy atom. The van der Waals surface area contributed by atoms with Crippen LogP contribution in [0.2, 0.25) is 0 Å². The molecule has 1 aromatic carbocycles. The summed E-state index contributed by atoms with van der Waals surface area (Å²) in [6.07, 6.45) is 13.3. The molecule has 0 heterocycles. The van der Waals surface area contributed by atoms with Gasteiger partial charge in [-0.3, -0.25) is 0 Å². The third-order valence-corrected chi connectivity index (χ3v) is 9.35. The minimum absolute atomic E-state index is 0.566. The van der Waals surface area contributed by atoms with Crippen molar-refractivity contribution in [3.63, 3.8) is 0 Å². The molecule has 0 fully saturated rings. The number of para-hydroxylation sites is 1. The first-order valence-electron chi connectivity index (χ1n) is 12.4. The summed E-state index contributed by atoms with van der Waals surface area (Å²) in [6.45, 7) is 13.5. The SMILES string of the molecule is CCCCC(CC)CP(=O)(CC(CC)CCCC)Nc1c(CC)cccc1CC. The molecule has 0 spiro atoms. The van der Waals surface area contributed by atoms with Gasteiger partial charge in [0.1, 0.15) is 0 Å². The molecule has 2 nitrogen and oxygen atoms in total. The van der Waals surface area contributed by atoms with Crippen molar-refractivity contribution in [3.8, 4) is 0 Å². The van der Waals surface area contributed by atoms with Gasteiger partial charge in [-0.1, -0.05) is 98.3 Å². The van der Waals surface area contributed by atoms with E-state index in [1.165, 1.54) is 55.3 Å². The third-order valence-electron chi connectivity index (χ3n) is 6.51. The monoisotopic (exact) mass is 421 g/mol. The molecule has 0 aliphatic carbocycles. The second-order valence-corrected chi connectivity index (χ2v) is 11.6. The van der Waals surface area contributed by atoms with E-state index in [2.05, 4.69) is 64.8 Å². The van der Waals surface area contributed by atoms with Gasteiger partial charge in [0.15, 0.2) is 7.29 Å². The molecule has 1 N–H and O–H groups in total. The zero-order chi connectivity index (χ0) is 21.7. The van der Waals surface area contributed by atoms with Crippen LogP contribution in [0.25, 0.3) is 0 Å². The smallest absolute Gasteiger partial charge is 0.170 e. The summed E-state index contributed by atoms with van der Waals surface area (Å²) in [5.41, 5.74) is 3.80. The lowest BCUT2D eigenvalue weighted by atomic mass is 10.0. The van der Waals surface area contributed by atoms with Crippen LogP contribution in [0.15, 0.2) is 18.2 Å². The molecule has 0 saturated heterocycles. The number of anilines is 1. The first-order valence-corrected chi connectivity index (χ1v) is 14.5. The molecule has 0 aliphatic rings. The van der Waals surface area contributed by atoms with E-state index in [1.807, 2.05) is 0 Å². The lowest BCUT2D eigenvalue weighted by molar-refractivity contribution is 0.464. The highest BCUT2D eigenvalue weighted by Gasteiger charge is 2.30. The molecule has 2 unspecified atom stereocenters. The van der Waals surface area contributed by atoms with Gasteiger partial charge in [-0.25, -0.2) is 0 Å². The van der Waals surface area contributed by atoms with Gasteiger partial charge >= 0.3 is 0 Å². The second kappa shape index (κ2) is 14.3. The van der Waals surface area contributed by atoms with Gasteiger partial charge in [-0.2, -0.15) is 0 Å². The number of hydrogen-bond acceptors (Lipinski definition) is 1. The van der Waals surface area contributed by atoms with Crippen LogP contribution in [0.1, 0.15) is 104 Å². The van der Waals surface area contributed by atoms with Gasteiger partial charge in [0.25, 0.3) is 0 Å². The van der Waals surface area contributed by atoms with Crippen LogP contribution in [0, 0.1) is 11.8 Å². The van der Waals surface area contributed by atoms with Crippen molar-refractivity contribution in [1.82, 2.24) is 0 Å². The minimum atomic E-state index is -2.50. The fraction of sp³-hybridized carbons (Fsp3) is 0.769. The predicted octanol–water partition coefficient (Wildman–Crippen LogP) is 8.93. The van der Waals surface area contributed by atoms with Gasteiger partial charge < -0.3 is 9.65 Å². The largest absolute Gasteiger partial charge is 0.336 e. The Labute approximate surface area is 182 Å². The summed E-state index contributed by atoms with van der Waals surface area (Å²) < 4.78 is 14.5. The number of unbranched alkanes of at least 4 members (excludes halogenated alkanes) is 2. The standard InChI is InChI=1S/C26H48NOP/c1-7-13-16-22(9-3)20-29(28,21-23(10-4)17-14-8-2)27-26-24(11-5)18-15-19-25(26)12-6/h15,18-19,22-23H,7-14,16-17,20-21H2,1-6H3,(H,27,28). The fourth-order valence-corrected chi connectivity index (χ4v) is 8.00. The maximum absolute atomic E-state index is 14.5. The van der Waals surface area contributed by atoms with Gasteiger partial charge in [-0.05, 0) is 48.6 Å². The molecule has 0 saturated carbocycles. The van der Waals surface area contributed by atoms with Crippen molar-refractivity contribution in [1.29, 1.82) is 0 Å². The summed E-state index contributed by atoms with van der Waals surface area (Å²) in [5.74, 6) is 1.13. The van der Waals surface area contributed by atoms with Crippen molar-refractivity contribution in [3.05, 3.63) is 29.3 Å². The average molecular weight is 422 g/mol. The Hall–Kier alpha value is -0.750. The van der Waals surface area contributed by atoms with Gasteiger partial charge in [0.05, 0.1) is 0 Å². The summed E-state index contributed by atoms with van der Waals surface area (Å²) in [5, 5.41) is 3.73. The van der Waals surface area contributed by atoms with Crippen LogP contribution < -0.4 is 5.09 Å². The zero-order valence-electron chi connectivity index (χ0n) is 20.2. The lowest BCUT2D eigenvalue weighted by Gasteiger charge is -2.30. The van der Waals surface area contributed by atoms with Crippen molar-refractivity contribution in [2.24, 2.45) is 11.8 Å². The molecule has 0 radical (unpaired) electrons. The van der Waals surface area contributed by atoms with Gasteiger partial charge in [-0.15, -0.1) is 0 Å². The fourth-order valence-electron chi connectivity index (χ4n) is 4.42. The first kappa shape index (κ1) is 26.3. The quantitative estimate of drug-likeness (QED) is 0.270. The number of nitrogens with one attached hydrogen (secondary N) is 1. The van der Waals surface area contributed by atoms with Crippen LogP contribution in [0.5, 0.6) is 0 Å². The molecule has 1 rings (SSSR count). The van der Waals surface area contributed by atoms with Crippen molar-refractivity contribution >= 4 is 13.0 Å². The molecule has 0 amide bonds. The van der Waals surface area contributed by atoms with Crippen LogP contribution in [0.3, 0.4) is 0 Å². The van der Waals surface area contributed by atoms with Crippen LogP contribution >= 0.6 is 7.29 Å². The van der Waals surface area contributed by atoms with E-state index < -0.39 is 7.29 Å². The van der Waals surface area contributed by atoms with Gasteiger partial charge in [0.2, 0.25) is 0 Å². The molecule has 168 valence electrons. The Bertz CT molecular complexity index is 568. The van der Waals surface area contributed by atoms with Crippen molar-refractivity contribution in [2.45, 2.75) is 106 Å². The number of rotatable bonds is 16. The van der Waals surface area contributed by atoms with Gasteiger partial charge in [0, 0.05) is 18.0 Å². The van der Waals surface area contributed by atoms with E-state index in [4.69, 9.17) is 0 Å². The summed E-state index contributed by atoms with van der Waals surface area (Å²) >= 11 is 0. The predicted molar refractivity (Wildman–Crippen MR) is 133 cm³/mol. The number of aryl methyl sites for hydroxylation is 2. The minimum Gasteiger partial charge on any atom is -0.336 e. The van der Waals surface area contributed by atoms with E-state index >= 15 is 0 Å². The average Bonchev–Trinajstić information content (AvgIpc) is 2.74. The number of hydrogen-bond donors (Lipinski definition) is 1. The highest BCUT2D eigenvalue weighted by molar-refractivity contribution is 7.65. The van der Waals surface area contributed by atoms with E-state index in [0.717, 1.165) is 38.0 Å². The number of benzene rings is 1. The normalized spacial score (nSPS) is 15.7. The Balaban J connectivity index is 3.20. The van der Waals surface area contributed by atoms with Crippen molar-refractivity contribution < 1.29 is 4.57 Å².